The van der Waals surface area contributed by atoms with Crippen molar-refractivity contribution in [3.63, 3.8) is 0 Å². The smallest absolute Gasteiger partial charge is 0.288 e. The molecule has 15 heavy (non-hydrogen) atoms. The van der Waals surface area contributed by atoms with Crippen LogP contribution in [-0.2, 0) is 7.05 Å². The Morgan fingerprint density at radius 2 is 2.40 bits per heavy atom. The van der Waals surface area contributed by atoms with Crippen molar-refractivity contribution in [2.24, 2.45) is 7.05 Å². The van der Waals surface area contributed by atoms with Crippen LogP contribution in [0.5, 0.6) is 0 Å². The number of aromatic amines is 1. The molecular weight excluding hydrogens is 209 g/mol. The maximum Gasteiger partial charge on any atom is 0.288 e. The van der Waals surface area contributed by atoms with Crippen LogP contribution in [0.3, 0.4) is 0 Å². The van der Waals surface area contributed by atoms with Gasteiger partial charge in [-0.25, -0.2) is 5.10 Å². The molecule has 0 aliphatic heterocycles. The Morgan fingerprint density at radius 3 is 3.20 bits per heavy atom. The Kier molecular flexibility index (Phi) is 1.59. The number of aromatic nitrogens is 3. The second kappa shape index (κ2) is 2.73. The highest BCUT2D eigenvalue weighted by Crippen LogP contribution is 2.28. The largest absolute Gasteiger partial charge is 0.338 e. The highest BCUT2D eigenvalue weighted by Gasteiger charge is 2.13. The highest BCUT2D eigenvalue weighted by molar-refractivity contribution is 7.27. The van der Waals surface area contributed by atoms with E-state index < -0.39 is 0 Å². The van der Waals surface area contributed by atoms with E-state index in [0.717, 1.165) is 15.6 Å². The Labute approximate surface area is 89.9 Å². The minimum Gasteiger partial charge on any atom is -0.338 e. The predicted molar refractivity (Wildman–Crippen MR) is 64.9 cm³/mol. The zero-order chi connectivity index (χ0) is 10.6. The monoisotopic (exact) mass is 217 g/mol. The third-order valence-electron chi connectivity index (χ3n) is 2.61. The molecule has 3 heterocycles. The van der Waals surface area contributed by atoms with Crippen molar-refractivity contribution in [3.05, 3.63) is 22.6 Å². The van der Waals surface area contributed by atoms with Crippen molar-refractivity contribution >= 4 is 45.1 Å². The number of H-pyrrole nitrogens is 1. The fourth-order valence-electron chi connectivity index (χ4n) is 1.95. The predicted octanol–water partition coefficient (Wildman–Crippen LogP) is -0.265. The van der Waals surface area contributed by atoms with Gasteiger partial charge in [-0.15, -0.1) is 11.3 Å². The fourth-order valence-corrected chi connectivity index (χ4v) is 3.01. The van der Waals surface area contributed by atoms with Gasteiger partial charge in [-0.05, 0) is 10.8 Å². The number of nitrogens with one attached hydrogen (secondary N) is 1. The Hall–Kier alpha value is -1.56. The van der Waals surface area contributed by atoms with Crippen LogP contribution in [0.4, 0.5) is 0 Å². The lowest BCUT2D eigenvalue weighted by Crippen LogP contribution is -2.10. The summed E-state index contributed by atoms with van der Waals surface area (Å²) in [6.07, 6.45) is 1.72. The number of fused-ring (bicyclic) bond motifs is 3. The lowest BCUT2D eigenvalue weighted by molar-refractivity contribution is 0.959. The first-order valence-electron chi connectivity index (χ1n) is 4.60. The Morgan fingerprint density at radius 1 is 1.60 bits per heavy atom. The fraction of sp³-hybridized carbons (Fsp3) is 0.111. The van der Waals surface area contributed by atoms with Crippen molar-refractivity contribution in [1.29, 1.82) is 0 Å². The molecule has 0 aromatic carbocycles. The molecule has 3 aromatic rings. The van der Waals surface area contributed by atoms with E-state index in [1.54, 1.807) is 17.5 Å². The molecule has 74 valence electrons. The first kappa shape index (κ1) is 8.73. The van der Waals surface area contributed by atoms with Crippen molar-refractivity contribution in [2.45, 2.75) is 0 Å². The van der Waals surface area contributed by atoms with Crippen molar-refractivity contribution in [2.75, 3.05) is 0 Å². The molecule has 0 saturated heterocycles. The molecule has 6 heteroatoms. The number of hydrogen-bond acceptors (Lipinski definition) is 3. The van der Waals surface area contributed by atoms with Gasteiger partial charge in [0.15, 0.2) is 7.85 Å². The first-order valence-corrected chi connectivity index (χ1v) is 5.42. The summed E-state index contributed by atoms with van der Waals surface area (Å²) >= 11 is 1.70. The summed E-state index contributed by atoms with van der Waals surface area (Å²) < 4.78 is 4.32. The average Bonchev–Trinajstić information content (AvgIpc) is 2.68. The SMILES string of the molecule is Bc1cc2c(s1)c1cn[nH]c(=O)c1n2C. The lowest BCUT2D eigenvalue weighted by atomic mass is 10.1. The molecule has 0 spiro atoms. The highest BCUT2D eigenvalue weighted by atomic mass is 32.1. The zero-order valence-electron chi connectivity index (χ0n) is 8.37. The minimum atomic E-state index is -0.129. The van der Waals surface area contributed by atoms with E-state index in [4.69, 9.17) is 0 Å². The summed E-state index contributed by atoms with van der Waals surface area (Å²) in [6.45, 7) is 0. The summed E-state index contributed by atoms with van der Waals surface area (Å²) in [5.41, 5.74) is 1.67. The van der Waals surface area contributed by atoms with Crippen LogP contribution < -0.4 is 10.3 Å². The van der Waals surface area contributed by atoms with Gasteiger partial charge in [0.2, 0.25) is 0 Å². The van der Waals surface area contributed by atoms with Gasteiger partial charge in [-0.3, -0.25) is 4.79 Å². The molecule has 4 nitrogen and oxygen atoms in total. The van der Waals surface area contributed by atoms with Gasteiger partial charge in [-0.1, -0.05) is 0 Å². The van der Waals surface area contributed by atoms with Crippen molar-refractivity contribution in [3.8, 4) is 0 Å². The average molecular weight is 217 g/mol. The lowest BCUT2D eigenvalue weighted by Gasteiger charge is -1.94. The second-order valence-corrected chi connectivity index (χ2v) is 4.85. The quantitative estimate of drug-likeness (QED) is 0.527. The summed E-state index contributed by atoms with van der Waals surface area (Å²) in [4.78, 5) is 11.6. The van der Waals surface area contributed by atoms with E-state index in [1.165, 1.54) is 4.78 Å². The molecule has 0 atom stereocenters. The Bertz CT molecular complexity index is 724. The van der Waals surface area contributed by atoms with E-state index >= 15 is 0 Å². The molecule has 0 amide bonds. The molecule has 0 aliphatic rings. The van der Waals surface area contributed by atoms with Gasteiger partial charge in [0.05, 0.1) is 16.4 Å². The summed E-state index contributed by atoms with van der Waals surface area (Å²) in [5, 5.41) is 7.24. The van der Waals surface area contributed by atoms with Gasteiger partial charge < -0.3 is 4.57 Å². The number of nitrogens with zero attached hydrogens (tertiary/aromatic N) is 2. The molecule has 1 N–H and O–H groups in total. The molecule has 0 unspecified atom stereocenters. The summed E-state index contributed by atoms with van der Waals surface area (Å²) in [7, 11) is 3.98. The van der Waals surface area contributed by atoms with Crippen LogP contribution in [0.1, 0.15) is 0 Å². The number of rotatable bonds is 0. The van der Waals surface area contributed by atoms with Crippen molar-refractivity contribution in [1.82, 2.24) is 14.8 Å². The molecule has 3 rings (SSSR count). The molecule has 0 saturated carbocycles. The van der Waals surface area contributed by atoms with Gasteiger partial charge in [-0.2, -0.15) is 5.10 Å². The molecule has 0 bridgehead atoms. The van der Waals surface area contributed by atoms with Gasteiger partial charge in [0.25, 0.3) is 5.56 Å². The first-order chi connectivity index (χ1) is 7.18. The van der Waals surface area contributed by atoms with Gasteiger partial charge >= 0.3 is 0 Å². The van der Waals surface area contributed by atoms with Crippen LogP contribution in [-0.4, -0.2) is 22.6 Å². The molecule has 0 fully saturated rings. The molecule has 0 aliphatic carbocycles. The van der Waals surface area contributed by atoms with Gasteiger partial charge in [0.1, 0.15) is 5.52 Å². The summed E-state index contributed by atoms with van der Waals surface area (Å²) in [6, 6.07) is 2.10. The number of hydrogen-bond donors (Lipinski definition) is 1. The van der Waals surface area contributed by atoms with E-state index in [0.29, 0.717) is 5.52 Å². The second-order valence-electron chi connectivity index (χ2n) is 3.59. The van der Waals surface area contributed by atoms with Crippen LogP contribution >= 0.6 is 11.3 Å². The van der Waals surface area contributed by atoms with Crippen LogP contribution in [0.2, 0.25) is 0 Å². The van der Waals surface area contributed by atoms with Crippen molar-refractivity contribution < 1.29 is 0 Å². The standard InChI is InChI=1S/C9H8BN3OS/c1-13-5-2-6(10)15-8(5)4-3-11-12-9(14)7(4)13/h2-3H,10H2,1H3,(H,12,14). The molecule has 0 radical (unpaired) electrons. The number of thiophene rings is 1. The topological polar surface area (TPSA) is 50.7 Å². The molecular formula is C9H8BN3OS. The maximum absolute atomic E-state index is 11.6. The summed E-state index contributed by atoms with van der Waals surface area (Å²) in [5.74, 6) is 0. The maximum atomic E-state index is 11.6. The Balaban J connectivity index is 2.71. The van der Waals surface area contributed by atoms with E-state index in [1.807, 2.05) is 11.6 Å². The zero-order valence-corrected chi connectivity index (χ0v) is 9.18. The minimum absolute atomic E-state index is 0.129. The van der Waals surface area contributed by atoms with Crippen LogP contribution in [0.15, 0.2) is 17.1 Å². The van der Waals surface area contributed by atoms with E-state index in [9.17, 15) is 4.79 Å². The third-order valence-corrected chi connectivity index (χ3v) is 3.68. The number of aryl methyl sites for hydroxylation is 1. The van der Waals surface area contributed by atoms with E-state index in [-0.39, 0.29) is 5.56 Å². The van der Waals surface area contributed by atoms with E-state index in [2.05, 4.69) is 24.1 Å². The van der Waals surface area contributed by atoms with Crippen LogP contribution in [0.25, 0.3) is 21.1 Å². The van der Waals surface area contributed by atoms with Gasteiger partial charge in [0, 0.05) is 12.4 Å². The third kappa shape index (κ3) is 1.02. The molecule has 3 aromatic heterocycles. The normalized spacial score (nSPS) is 11.5. The van der Waals surface area contributed by atoms with Crippen LogP contribution in [0, 0.1) is 0 Å².